The molecule has 1 aliphatic carbocycles. The Morgan fingerprint density at radius 3 is 2.63 bits per heavy atom. The molecule has 1 N–H and O–H groups in total. The summed E-state index contributed by atoms with van der Waals surface area (Å²) in [6.07, 6.45) is 4.19. The summed E-state index contributed by atoms with van der Waals surface area (Å²) in [6.45, 7) is 4.49. The molecule has 0 saturated heterocycles. The Balaban J connectivity index is 1.81. The third kappa shape index (κ3) is 2.45. The van der Waals surface area contributed by atoms with Gasteiger partial charge in [0.2, 0.25) is 0 Å². The van der Waals surface area contributed by atoms with Gasteiger partial charge in [0.1, 0.15) is 5.76 Å². The molecule has 100 valence electrons. The van der Waals surface area contributed by atoms with Crippen molar-refractivity contribution >= 4 is 0 Å². The summed E-state index contributed by atoms with van der Waals surface area (Å²) in [7, 11) is 0. The van der Waals surface area contributed by atoms with Crippen LogP contribution in [0.5, 0.6) is 0 Å². The molecule has 2 heteroatoms. The minimum Gasteiger partial charge on any atom is -0.468 e. The summed E-state index contributed by atoms with van der Waals surface area (Å²) >= 11 is 0. The quantitative estimate of drug-likeness (QED) is 0.869. The van der Waals surface area contributed by atoms with Crippen molar-refractivity contribution in [3.05, 3.63) is 59.5 Å². The Kier molecular flexibility index (Phi) is 3.43. The Labute approximate surface area is 114 Å². The van der Waals surface area contributed by atoms with E-state index in [0.717, 1.165) is 5.76 Å². The lowest BCUT2D eigenvalue weighted by atomic mass is 9.81. The van der Waals surface area contributed by atoms with Crippen LogP contribution in [0.1, 0.15) is 61.6 Å². The van der Waals surface area contributed by atoms with Crippen molar-refractivity contribution in [2.45, 2.75) is 44.7 Å². The van der Waals surface area contributed by atoms with E-state index in [-0.39, 0.29) is 6.04 Å². The number of rotatable bonds is 3. The van der Waals surface area contributed by atoms with Gasteiger partial charge < -0.3 is 9.73 Å². The first-order valence-corrected chi connectivity index (χ1v) is 7.14. The van der Waals surface area contributed by atoms with Crippen molar-refractivity contribution < 1.29 is 4.42 Å². The van der Waals surface area contributed by atoms with Crippen LogP contribution in [0.2, 0.25) is 0 Å². The second-order valence-corrected chi connectivity index (χ2v) is 5.56. The molecule has 0 saturated carbocycles. The van der Waals surface area contributed by atoms with Crippen molar-refractivity contribution in [2.24, 2.45) is 0 Å². The molecule has 0 amide bonds. The molecule has 2 aromatic rings. The lowest BCUT2D eigenvalue weighted by Gasteiger charge is -2.32. The van der Waals surface area contributed by atoms with Crippen LogP contribution in [-0.2, 0) is 0 Å². The van der Waals surface area contributed by atoms with Gasteiger partial charge in [-0.1, -0.05) is 31.2 Å². The van der Waals surface area contributed by atoms with Crippen LogP contribution in [0.3, 0.4) is 0 Å². The Morgan fingerprint density at radius 1 is 1.11 bits per heavy atom. The van der Waals surface area contributed by atoms with Gasteiger partial charge in [-0.25, -0.2) is 0 Å². The summed E-state index contributed by atoms with van der Waals surface area (Å²) in [6, 6.07) is 13.5. The largest absolute Gasteiger partial charge is 0.468 e. The standard InChI is InChI=1S/C17H21NO/c1-12-9-10-16(15-7-4-3-6-14(12)15)18-13(2)17-8-5-11-19-17/h3-8,11-13,16,18H,9-10H2,1-2H3/t12?,13-,16?/m1/s1. The minimum atomic E-state index is 0.251. The third-order valence-electron chi connectivity index (χ3n) is 4.21. The van der Waals surface area contributed by atoms with Crippen LogP contribution < -0.4 is 5.32 Å². The van der Waals surface area contributed by atoms with Gasteiger partial charge in [-0.05, 0) is 48.9 Å². The van der Waals surface area contributed by atoms with Gasteiger partial charge in [0.05, 0.1) is 12.3 Å². The highest BCUT2D eigenvalue weighted by atomic mass is 16.3. The van der Waals surface area contributed by atoms with E-state index in [1.807, 2.05) is 12.1 Å². The van der Waals surface area contributed by atoms with E-state index in [1.54, 1.807) is 6.26 Å². The van der Waals surface area contributed by atoms with E-state index in [9.17, 15) is 0 Å². The summed E-state index contributed by atoms with van der Waals surface area (Å²) < 4.78 is 5.48. The van der Waals surface area contributed by atoms with Gasteiger partial charge in [-0.3, -0.25) is 0 Å². The Bertz CT molecular complexity index is 532. The molecular formula is C17H21NO. The molecule has 0 fully saturated rings. The first-order chi connectivity index (χ1) is 9.25. The average Bonchev–Trinajstić information content (AvgIpc) is 2.96. The Hall–Kier alpha value is -1.54. The number of hydrogen-bond donors (Lipinski definition) is 1. The molecule has 1 aliphatic rings. The van der Waals surface area contributed by atoms with Crippen LogP contribution in [0, 0.1) is 0 Å². The highest BCUT2D eigenvalue weighted by Crippen LogP contribution is 2.38. The zero-order valence-electron chi connectivity index (χ0n) is 11.6. The SMILES string of the molecule is CC1CCC(N[C@H](C)c2ccco2)c2ccccc21. The number of furan rings is 1. The van der Waals surface area contributed by atoms with E-state index in [1.165, 1.54) is 24.0 Å². The van der Waals surface area contributed by atoms with Crippen molar-refractivity contribution in [3.63, 3.8) is 0 Å². The van der Waals surface area contributed by atoms with Crippen LogP contribution in [0.15, 0.2) is 47.1 Å². The van der Waals surface area contributed by atoms with Crippen molar-refractivity contribution in [1.82, 2.24) is 5.32 Å². The molecule has 1 heterocycles. The first-order valence-electron chi connectivity index (χ1n) is 7.14. The summed E-state index contributed by atoms with van der Waals surface area (Å²) in [4.78, 5) is 0. The monoisotopic (exact) mass is 255 g/mol. The molecular weight excluding hydrogens is 234 g/mol. The molecule has 0 spiro atoms. The van der Waals surface area contributed by atoms with Gasteiger partial charge in [-0.2, -0.15) is 0 Å². The molecule has 0 aliphatic heterocycles. The maximum absolute atomic E-state index is 5.48. The number of nitrogens with one attached hydrogen (secondary N) is 1. The van der Waals surface area contributed by atoms with Gasteiger partial charge in [-0.15, -0.1) is 0 Å². The van der Waals surface area contributed by atoms with Crippen LogP contribution in [0.4, 0.5) is 0 Å². The van der Waals surface area contributed by atoms with Crippen LogP contribution in [-0.4, -0.2) is 0 Å². The van der Waals surface area contributed by atoms with Crippen molar-refractivity contribution in [1.29, 1.82) is 0 Å². The van der Waals surface area contributed by atoms with Crippen LogP contribution in [0.25, 0.3) is 0 Å². The lowest BCUT2D eigenvalue weighted by Crippen LogP contribution is -2.28. The topological polar surface area (TPSA) is 25.2 Å². The molecule has 0 radical (unpaired) electrons. The maximum Gasteiger partial charge on any atom is 0.120 e. The zero-order valence-corrected chi connectivity index (χ0v) is 11.6. The van der Waals surface area contributed by atoms with Gasteiger partial charge >= 0.3 is 0 Å². The van der Waals surface area contributed by atoms with E-state index >= 15 is 0 Å². The predicted molar refractivity (Wildman–Crippen MR) is 77.1 cm³/mol. The fourth-order valence-electron chi connectivity index (χ4n) is 3.10. The molecule has 1 aromatic carbocycles. The molecule has 3 atom stereocenters. The zero-order chi connectivity index (χ0) is 13.2. The lowest BCUT2D eigenvalue weighted by molar-refractivity contribution is 0.357. The molecule has 2 unspecified atom stereocenters. The fourth-order valence-corrected chi connectivity index (χ4v) is 3.10. The van der Waals surface area contributed by atoms with Crippen molar-refractivity contribution in [2.75, 3.05) is 0 Å². The molecule has 2 nitrogen and oxygen atoms in total. The highest BCUT2D eigenvalue weighted by molar-refractivity contribution is 5.35. The second kappa shape index (κ2) is 5.22. The second-order valence-electron chi connectivity index (χ2n) is 5.56. The molecule has 0 bridgehead atoms. The van der Waals surface area contributed by atoms with E-state index in [0.29, 0.717) is 12.0 Å². The van der Waals surface area contributed by atoms with E-state index in [4.69, 9.17) is 4.42 Å². The van der Waals surface area contributed by atoms with Crippen molar-refractivity contribution in [3.8, 4) is 0 Å². The summed E-state index contributed by atoms with van der Waals surface area (Å²) in [5, 5.41) is 3.70. The summed E-state index contributed by atoms with van der Waals surface area (Å²) in [5.41, 5.74) is 2.96. The van der Waals surface area contributed by atoms with Crippen LogP contribution >= 0.6 is 0 Å². The number of fused-ring (bicyclic) bond motifs is 1. The average molecular weight is 255 g/mol. The molecule has 19 heavy (non-hydrogen) atoms. The number of benzene rings is 1. The first kappa shape index (κ1) is 12.5. The van der Waals surface area contributed by atoms with E-state index < -0.39 is 0 Å². The van der Waals surface area contributed by atoms with Gasteiger partial charge in [0, 0.05) is 6.04 Å². The maximum atomic E-state index is 5.48. The van der Waals surface area contributed by atoms with E-state index in [2.05, 4.69) is 43.4 Å². The predicted octanol–water partition coefficient (Wildman–Crippen LogP) is 4.57. The van der Waals surface area contributed by atoms with Gasteiger partial charge in [0.25, 0.3) is 0 Å². The fraction of sp³-hybridized carbons (Fsp3) is 0.412. The summed E-state index contributed by atoms with van der Waals surface area (Å²) in [5.74, 6) is 1.68. The third-order valence-corrected chi connectivity index (χ3v) is 4.21. The smallest absolute Gasteiger partial charge is 0.120 e. The van der Waals surface area contributed by atoms with Gasteiger partial charge in [0.15, 0.2) is 0 Å². The normalized spacial score (nSPS) is 23.9. The number of hydrogen-bond acceptors (Lipinski definition) is 2. The Morgan fingerprint density at radius 2 is 1.89 bits per heavy atom. The molecule has 1 aromatic heterocycles. The minimum absolute atomic E-state index is 0.251. The highest BCUT2D eigenvalue weighted by Gasteiger charge is 2.25. The molecule has 3 rings (SSSR count).